The van der Waals surface area contributed by atoms with Crippen LogP contribution in [0, 0.1) is 22.7 Å². The fourth-order valence-electron chi connectivity index (χ4n) is 2.83. The summed E-state index contributed by atoms with van der Waals surface area (Å²) in [6.45, 7) is 2.27. The summed E-state index contributed by atoms with van der Waals surface area (Å²) >= 11 is 0. The van der Waals surface area contributed by atoms with Gasteiger partial charge in [-0.3, -0.25) is 4.79 Å². The molecule has 1 fully saturated rings. The highest BCUT2D eigenvalue weighted by Crippen LogP contribution is 2.48. The Morgan fingerprint density at radius 3 is 3.13 bits per heavy atom. The molecule has 2 rings (SSSR count). The third-order valence-electron chi connectivity index (χ3n) is 4.03. The molecule has 0 aromatic carbocycles. The molecular weight excluding hydrogens is 186 g/mol. The van der Waals surface area contributed by atoms with Gasteiger partial charge in [-0.2, -0.15) is 5.26 Å². The molecule has 0 bridgehead atoms. The molecule has 0 radical (unpaired) electrons. The quantitative estimate of drug-likeness (QED) is 0.657. The van der Waals surface area contributed by atoms with Crippen molar-refractivity contribution in [3.8, 4) is 6.07 Å². The van der Waals surface area contributed by atoms with Crippen LogP contribution >= 0.6 is 0 Å². The summed E-state index contributed by atoms with van der Waals surface area (Å²) in [5.41, 5.74) is 1.57. The van der Waals surface area contributed by atoms with Crippen molar-refractivity contribution < 1.29 is 4.79 Å². The summed E-state index contributed by atoms with van der Waals surface area (Å²) in [6, 6.07) is 2.24. The molecule has 0 saturated heterocycles. The molecule has 0 N–H and O–H groups in total. The van der Waals surface area contributed by atoms with Gasteiger partial charge in [-0.05, 0) is 43.1 Å². The van der Waals surface area contributed by atoms with E-state index in [4.69, 9.17) is 5.26 Å². The van der Waals surface area contributed by atoms with Crippen LogP contribution in [-0.4, -0.2) is 5.78 Å². The summed E-state index contributed by atoms with van der Waals surface area (Å²) in [4.78, 5) is 11.4. The largest absolute Gasteiger partial charge is 0.295 e. The molecule has 0 aromatic rings. The summed E-state index contributed by atoms with van der Waals surface area (Å²) in [5, 5.41) is 8.69. The summed E-state index contributed by atoms with van der Waals surface area (Å²) < 4.78 is 0. The van der Waals surface area contributed by atoms with Crippen molar-refractivity contribution in [1.29, 1.82) is 5.26 Å². The first kappa shape index (κ1) is 10.4. The van der Waals surface area contributed by atoms with Gasteiger partial charge in [0.1, 0.15) is 0 Å². The Morgan fingerprint density at radius 2 is 2.40 bits per heavy atom. The number of ketones is 1. The van der Waals surface area contributed by atoms with E-state index in [2.05, 4.69) is 13.0 Å². The standard InChI is InChI=1S/C13H17NO/c1-13-5-2-10(4-7-14)8-11(13)9-12(15)3-6-13/h9-10H,2-6,8H2,1H3. The fourth-order valence-corrected chi connectivity index (χ4v) is 2.83. The van der Waals surface area contributed by atoms with Gasteiger partial charge in [0.25, 0.3) is 0 Å². The first-order valence-electron chi connectivity index (χ1n) is 5.75. The van der Waals surface area contributed by atoms with Gasteiger partial charge in [0.2, 0.25) is 0 Å². The number of nitrogens with zero attached hydrogens (tertiary/aromatic N) is 1. The Hall–Kier alpha value is -1.10. The predicted octanol–water partition coefficient (Wildman–Crippen LogP) is 3.00. The SMILES string of the molecule is CC12CCC(=O)C=C1CC(CC#N)CC2. The molecule has 0 aliphatic heterocycles. The number of nitriles is 1. The van der Waals surface area contributed by atoms with Crippen molar-refractivity contribution in [1.82, 2.24) is 0 Å². The summed E-state index contributed by atoms with van der Waals surface area (Å²) in [5.74, 6) is 0.764. The number of hydrogen-bond donors (Lipinski definition) is 0. The third-order valence-corrected chi connectivity index (χ3v) is 4.03. The number of carbonyl (C=O) groups excluding carboxylic acids is 1. The molecule has 0 aromatic heterocycles. The van der Waals surface area contributed by atoms with Crippen molar-refractivity contribution in [2.24, 2.45) is 11.3 Å². The van der Waals surface area contributed by atoms with Crippen LogP contribution in [0.4, 0.5) is 0 Å². The zero-order chi connectivity index (χ0) is 10.9. The molecule has 2 unspecified atom stereocenters. The maximum Gasteiger partial charge on any atom is 0.155 e. The molecule has 2 nitrogen and oxygen atoms in total. The highest BCUT2D eigenvalue weighted by molar-refractivity contribution is 5.91. The number of rotatable bonds is 1. The van der Waals surface area contributed by atoms with Gasteiger partial charge in [0.15, 0.2) is 5.78 Å². The first-order valence-corrected chi connectivity index (χ1v) is 5.75. The molecule has 0 spiro atoms. The van der Waals surface area contributed by atoms with Crippen LogP contribution in [0.3, 0.4) is 0 Å². The van der Waals surface area contributed by atoms with E-state index in [-0.39, 0.29) is 11.2 Å². The van der Waals surface area contributed by atoms with Crippen LogP contribution in [0.1, 0.15) is 45.4 Å². The van der Waals surface area contributed by atoms with Crippen molar-refractivity contribution in [2.75, 3.05) is 0 Å². The van der Waals surface area contributed by atoms with E-state index < -0.39 is 0 Å². The van der Waals surface area contributed by atoms with Crippen LogP contribution in [0.2, 0.25) is 0 Å². The number of fused-ring (bicyclic) bond motifs is 1. The monoisotopic (exact) mass is 203 g/mol. The molecular formula is C13H17NO. The smallest absolute Gasteiger partial charge is 0.155 e. The van der Waals surface area contributed by atoms with Gasteiger partial charge < -0.3 is 0 Å². The van der Waals surface area contributed by atoms with Gasteiger partial charge >= 0.3 is 0 Å². The summed E-state index contributed by atoms with van der Waals surface area (Å²) in [7, 11) is 0. The van der Waals surface area contributed by atoms with E-state index in [9.17, 15) is 4.79 Å². The molecule has 0 heterocycles. The van der Waals surface area contributed by atoms with E-state index in [1.807, 2.05) is 6.08 Å². The average molecular weight is 203 g/mol. The highest BCUT2D eigenvalue weighted by atomic mass is 16.1. The second kappa shape index (κ2) is 3.81. The van der Waals surface area contributed by atoms with Crippen LogP contribution in [0.25, 0.3) is 0 Å². The van der Waals surface area contributed by atoms with E-state index in [1.165, 1.54) is 5.57 Å². The Morgan fingerprint density at radius 1 is 1.60 bits per heavy atom. The zero-order valence-corrected chi connectivity index (χ0v) is 9.25. The molecule has 2 aliphatic rings. The van der Waals surface area contributed by atoms with E-state index in [1.54, 1.807) is 0 Å². The Balaban J connectivity index is 2.17. The Kier molecular flexibility index (Phi) is 2.65. The molecule has 2 aliphatic carbocycles. The minimum Gasteiger partial charge on any atom is -0.295 e. The number of allylic oxidation sites excluding steroid dienone is 2. The fraction of sp³-hybridized carbons (Fsp3) is 0.692. The first-order chi connectivity index (χ1) is 7.14. The molecule has 80 valence electrons. The summed E-state index contributed by atoms with van der Waals surface area (Å²) in [6.07, 6.45) is 7.48. The van der Waals surface area contributed by atoms with E-state index in [0.29, 0.717) is 18.8 Å². The molecule has 0 amide bonds. The minimum atomic E-state index is 0.264. The van der Waals surface area contributed by atoms with Gasteiger partial charge in [0.05, 0.1) is 6.07 Å². The zero-order valence-electron chi connectivity index (χ0n) is 9.25. The lowest BCUT2D eigenvalue weighted by molar-refractivity contribution is -0.115. The lowest BCUT2D eigenvalue weighted by atomic mass is 9.63. The van der Waals surface area contributed by atoms with Crippen LogP contribution in [0.15, 0.2) is 11.6 Å². The van der Waals surface area contributed by atoms with E-state index >= 15 is 0 Å². The second-order valence-corrected chi connectivity index (χ2v) is 5.17. The predicted molar refractivity (Wildman–Crippen MR) is 58.0 cm³/mol. The van der Waals surface area contributed by atoms with Crippen molar-refractivity contribution in [2.45, 2.75) is 45.4 Å². The second-order valence-electron chi connectivity index (χ2n) is 5.17. The lowest BCUT2D eigenvalue weighted by Gasteiger charge is -2.41. The Bertz CT molecular complexity index is 350. The minimum absolute atomic E-state index is 0.264. The third kappa shape index (κ3) is 1.97. The average Bonchev–Trinajstić information content (AvgIpc) is 2.21. The van der Waals surface area contributed by atoms with Crippen LogP contribution < -0.4 is 0 Å². The maximum atomic E-state index is 11.4. The Labute approximate surface area is 91.0 Å². The molecule has 15 heavy (non-hydrogen) atoms. The molecule has 2 atom stereocenters. The van der Waals surface area contributed by atoms with Crippen LogP contribution in [-0.2, 0) is 4.79 Å². The number of carbonyl (C=O) groups is 1. The maximum absolute atomic E-state index is 11.4. The van der Waals surface area contributed by atoms with E-state index in [0.717, 1.165) is 25.7 Å². The lowest BCUT2D eigenvalue weighted by Crippen LogP contribution is -2.31. The molecule has 2 heteroatoms. The van der Waals surface area contributed by atoms with Gasteiger partial charge in [-0.25, -0.2) is 0 Å². The van der Waals surface area contributed by atoms with Gasteiger partial charge in [-0.15, -0.1) is 0 Å². The van der Waals surface area contributed by atoms with Gasteiger partial charge in [0, 0.05) is 12.8 Å². The highest BCUT2D eigenvalue weighted by Gasteiger charge is 2.37. The van der Waals surface area contributed by atoms with Gasteiger partial charge in [-0.1, -0.05) is 12.5 Å². The number of hydrogen-bond acceptors (Lipinski definition) is 2. The van der Waals surface area contributed by atoms with Crippen molar-refractivity contribution in [3.05, 3.63) is 11.6 Å². The molecule has 1 saturated carbocycles. The van der Waals surface area contributed by atoms with Crippen molar-refractivity contribution >= 4 is 5.78 Å². The van der Waals surface area contributed by atoms with Crippen LogP contribution in [0.5, 0.6) is 0 Å². The topological polar surface area (TPSA) is 40.9 Å². The van der Waals surface area contributed by atoms with Crippen molar-refractivity contribution in [3.63, 3.8) is 0 Å². The normalized spacial score (nSPS) is 35.3.